The fourth-order valence-corrected chi connectivity index (χ4v) is 5.14. The molecule has 4 rings (SSSR count). The average Bonchev–Trinajstić information content (AvgIpc) is 3.38. The molecule has 1 N–H and O–H groups in total. The predicted octanol–water partition coefficient (Wildman–Crippen LogP) is 6.54. The first kappa shape index (κ1) is 26.2. The van der Waals surface area contributed by atoms with Gasteiger partial charge in [0, 0.05) is 19.0 Å². The maximum absolute atomic E-state index is 13.9. The van der Waals surface area contributed by atoms with Crippen molar-refractivity contribution in [2.75, 3.05) is 0 Å². The molecule has 0 heterocycles. The molecule has 3 aromatic rings. The maximum Gasteiger partial charge on any atom is 0.243 e. The van der Waals surface area contributed by atoms with Crippen molar-refractivity contribution >= 4 is 35.0 Å². The molecule has 4 nitrogen and oxygen atoms in total. The molecule has 1 aliphatic rings. The summed E-state index contributed by atoms with van der Waals surface area (Å²) in [6.07, 6.45) is 4.79. The van der Waals surface area contributed by atoms with Gasteiger partial charge in [-0.2, -0.15) is 0 Å². The molecule has 0 spiro atoms. The Morgan fingerprint density at radius 2 is 1.61 bits per heavy atom. The van der Waals surface area contributed by atoms with Crippen LogP contribution in [-0.2, 0) is 29.0 Å². The number of rotatable bonds is 9. The number of hydrogen-bond donors (Lipinski definition) is 1. The summed E-state index contributed by atoms with van der Waals surface area (Å²) in [5.41, 5.74) is 3.88. The zero-order valence-corrected chi connectivity index (χ0v) is 22.1. The minimum atomic E-state index is -0.636. The van der Waals surface area contributed by atoms with Gasteiger partial charge in [-0.15, -0.1) is 0 Å². The molecule has 2 amide bonds. The highest BCUT2D eigenvalue weighted by molar-refractivity contribution is 6.42. The normalized spacial score (nSPS) is 14.4. The highest BCUT2D eigenvalue weighted by atomic mass is 35.5. The summed E-state index contributed by atoms with van der Waals surface area (Å²) in [6.45, 7) is 2.38. The van der Waals surface area contributed by atoms with Crippen molar-refractivity contribution in [3.05, 3.63) is 105 Å². The van der Waals surface area contributed by atoms with Gasteiger partial charge in [0.05, 0.1) is 16.5 Å². The quantitative estimate of drug-likeness (QED) is 0.346. The summed E-state index contributed by atoms with van der Waals surface area (Å²) < 4.78 is 0. The minimum Gasteiger partial charge on any atom is -0.352 e. The third-order valence-corrected chi connectivity index (χ3v) is 7.65. The Hall–Kier alpha value is -2.82. The van der Waals surface area contributed by atoms with Crippen molar-refractivity contribution in [3.63, 3.8) is 0 Å². The number of nitrogens with one attached hydrogen (secondary N) is 1. The molecule has 188 valence electrons. The van der Waals surface area contributed by atoms with Crippen LogP contribution in [-0.4, -0.2) is 28.8 Å². The van der Waals surface area contributed by atoms with E-state index in [1.165, 1.54) is 0 Å². The lowest BCUT2D eigenvalue weighted by Crippen LogP contribution is -2.52. The van der Waals surface area contributed by atoms with E-state index >= 15 is 0 Å². The number of aryl methyl sites for hydroxylation is 1. The van der Waals surface area contributed by atoms with E-state index in [1.807, 2.05) is 67.6 Å². The van der Waals surface area contributed by atoms with Gasteiger partial charge < -0.3 is 10.2 Å². The molecule has 1 aliphatic carbocycles. The smallest absolute Gasteiger partial charge is 0.243 e. The SMILES string of the molecule is Cc1ccccc1CN(C(=O)Cc1ccc(Cl)c(Cl)c1)C(Cc1ccccc1)C(=O)NC1CCCC1. The van der Waals surface area contributed by atoms with Gasteiger partial charge in [-0.05, 0) is 54.2 Å². The van der Waals surface area contributed by atoms with Crippen molar-refractivity contribution < 1.29 is 9.59 Å². The van der Waals surface area contributed by atoms with Crippen LogP contribution in [0.2, 0.25) is 10.0 Å². The third kappa shape index (κ3) is 6.89. The lowest BCUT2D eigenvalue weighted by molar-refractivity contribution is -0.141. The second-order valence-corrected chi connectivity index (χ2v) is 10.4. The number of benzene rings is 3. The van der Waals surface area contributed by atoms with Crippen molar-refractivity contribution in [2.45, 2.75) is 64.1 Å². The van der Waals surface area contributed by atoms with Crippen LogP contribution >= 0.6 is 23.2 Å². The Kier molecular flexibility index (Phi) is 9.06. The fraction of sp³-hybridized carbons (Fsp3) is 0.333. The van der Waals surface area contributed by atoms with Gasteiger partial charge in [0.2, 0.25) is 11.8 Å². The molecule has 0 bridgehead atoms. The third-order valence-electron chi connectivity index (χ3n) is 6.91. The molecule has 1 saturated carbocycles. The number of nitrogens with zero attached hydrogens (tertiary/aromatic N) is 1. The lowest BCUT2D eigenvalue weighted by atomic mass is 10.00. The molecular formula is C30H32Cl2N2O2. The van der Waals surface area contributed by atoms with Gasteiger partial charge in [-0.3, -0.25) is 9.59 Å². The van der Waals surface area contributed by atoms with Crippen LogP contribution in [0.1, 0.15) is 47.9 Å². The van der Waals surface area contributed by atoms with Gasteiger partial charge >= 0.3 is 0 Å². The number of carbonyl (C=O) groups excluding carboxylic acids is 2. The molecule has 0 radical (unpaired) electrons. The van der Waals surface area contributed by atoms with E-state index in [2.05, 4.69) is 5.32 Å². The zero-order valence-electron chi connectivity index (χ0n) is 20.6. The highest BCUT2D eigenvalue weighted by Gasteiger charge is 2.32. The van der Waals surface area contributed by atoms with Gasteiger partial charge in [0.1, 0.15) is 6.04 Å². The van der Waals surface area contributed by atoms with Crippen LogP contribution in [0.25, 0.3) is 0 Å². The largest absolute Gasteiger partial charge is 0.352 e. The van der Waals surface area contributed by atoms with Crippen molar-refractivity contribution in [3.8, 4) is 0 Å². The molecule has 0 saturated heterocycles. The Morgan fingerprint density at radius 1 is 0.917 bits per heavy atom. The summed E-state index contributed by atoms with van der Waals surface area (Å²) >= 11 is 12.3. The van der Waals surface area contributed by atoms with Crippen molar-refractivity contribution in [1.29, 1.82) is 0 Å². The van der Waals surface area contributed by atoms with Crippen molar-refractivity contribution in [2.24, 2.45) is 0 Å². The number of carbonyl (C=O) groups is 2. The van der Waals surface area contributed by atoms with E-state index in [4.69, 9.17) is 23.2 Å². The molecule has 36 heavy (non-hydrogen) atoms. The van der Waals surface area contributed by atoms with Crippen LogP contribution in [0.4, 0.5) is 0 Å². The number of hydrogen-bond acceptors (Lipinski definition) is 2. The maximum atomic E-state index is 13.9. The average molecular weight is 524 g/mol. The number of halogens is 2. The van der Waals surface area contributed by atoms with E-state index < -0.39 is 6.04 Å². The van der Waals surface area contributed by atoms with Gasteiger partial charge in [-0.1, -0.05) is 96.7 Å². The molecular weight excluding hydrogens is 491 g/mol. The van der Waals surface area contributed by atoms with Crippen LogP contribution in [0.3, 0.4) is 0 Å². The van der Waals surface area contributed by atoms with E-state index in [-0.39, 0.29) is 24.3 Å². The molecule has 1 unspecified atom stereocenters. The number of amides is 2. The Morgan fingerprint density at radius 3 is 2.31 bits per heavy atom. The second-order valence-electron chi connectivity index (χ2n) is 9.57. The first-order chi connectivity index (χ1) is 17.4. The Labute approximate surface area is 223 Å². The summed E-state index contributed by atoms with van der Waals surface area (Å²) in [4.78, 5) is 29.3. The van der Waals surface area contributed by atoms with Gasteiger partial charge in [0.15, 0.2) is 0 Å². The summed E-state index contributed by atoms with van der Waals surface area (Å²) in [7, 11) is 0. The standard InChI is InChI=1S/C30H32Cl2N2O2/c1-21-9-5-6-12-24(21)20-34(29(35)19-23-15-16-26(31)27(32)17-23)28(18-22-10-3-2-4-11-22)30(36)33-25-13-7-8-14-25/h2-6,9-12,15-17,25,28H,7-8,13-14,18-20H2,1H3,(H,33,36). The first-order valence-corrected chi connectivity index (χ1v) is 13.3. The van der Waals surface area contributed by atoms with Gasteiger partial charge in [-0.25, -0.2) is 0 Å². The van der Waals surface area contributed by atoms with Crippen molar-refractivity contribution in [1.82, 2.24) is 10.2 Å². The van der Waals surface area contributed by atoms with Crippen LogP contribution in [0, 0.1) is 6.92 Å². The summed E-state index contributed by atoms with van der Waals surface area (Å²) in [6, 6.07) is 22.6. The Bertz CT molecular complexity index is 1190. The predicted molar refractivity (Wildman–Crippen MR) is 146 cm³/mol. The summed E-state index contributed by atoms with van der Waals surface area (Å²) in [5, 5.41) is 4.10. The molecule has 1 atom stereocenters. The van der Waals surface area contributed by atoms with E-state index in [0.717, 1.165) is 47.9 Å². The van der Waals surface area contributed by atoms with E-state index in [1.54, 1.807) is 17.0 Å². The lowest BCUT2D eigenvalue weighted by Gasteiger charge is -2.33. The van der Waals surface area contributed by atoms with E-state index in [0.29, 0.717) is 23.0 Å². The second kappa shape index (κ2) is 12.4. The van der Waals surface area contributed by atoms with Crippen LogP contribution in [0.15, 0.2) is 72.8 Å². The van der Waals surface area contributed by atoms with Gasteiger partial charge in [0.25, 0.3) is 0 Å². The molecule has 3 aromatic carbocycles. The molecule has 6 heteroatoms. The van der Waals surface area contributed by atoms with Crippen LogP contribution in [0.5, 0.6) is 0 Å². The molecule has 1 fully saturated rings. The van der Waals surface area contributed by atoms with Crippen LogP contribution < -0.4 is 5.32 Å². The topological polar surface area (TPSA) is 49.4 Å². The summed E-state index contributed by atoms with van der Waals surface area (Å²) in [5.74, 6) is -0.221. The molecule has 0 aliphatic heterocycles. The monoisotopic (exact) mass is 522 g/mol. The van der Waals surface area contributed by atoms with E-state index in [9.17, 15) is 9.59 Å². The first-order valence-electron chi connectivity index (χ1n) is 12.5. The molecule has 0 aromatic heterocycles. The minimum absolute atomic E-state index is 0.0955. The fourth-order valence-electron chi connectivity index (χ4n) is 4.82. The Balaban J connectivity index is 1.67. The highest BCUT2D eigenvalue weighted by Crippen LogP contribution is 2.25. The zero-order chi connectivity index (χ0) is 25.5.